The van der Waals surface area contributed by atoms with Crippen LogP contribution < -0.4 is 5.32 Å². The molecule has 0 unspecified atom stereocenters. The SMILES string of the molecule is CC(C)(C)OC(=O)N1CCC2(CC1)CNC(=O)C1(CC1)O2. The molecule has 0 radical (unpaired) electrons. The maximum absolute atomic E-state index is 12.1. The Kier molecular flexibility index (Phi) is 3.20. The molecule has 21 heavy (non-hydrogen) atoms. The number of carbonyl (C=O) groups is 2. The third kappa shape index (κ3) is 2.86. The van der Waals surface area contributed by atoms with Crippen molar-refractivity contribution < 1.29 is 19.1 Å². The van der Waals surface area contributed by atoms with E-state index >= 15 is 0 Å². The minimum Gasteiger partial charge on any atom is -0.444 e. The number of amides is 2. The van der Waals surface area contributed by atoms with Crippen molar-refractivity contribution in [1.29, 1.82) is 0 Å². The van der Waals surface area contributed by atoms with Gasteiger partial charge in [-0.2, -0.15) is 0 Å². The van der Waals surface area contributed by atoms with E-state index in [0.717, 1.165) is 25.7 Å². The summed E-state index contributed by atoms with van der Waals surface area (Å²) in [5, 5.41) is 2.98. The molecule has 0 aromatic rings. The van der Waals surface area contributed by atoms with Crippen molar-refractivity contribution in [2.45, 2.75) is 63.3 Å². The zero-order chi connectivity index (χ0) is 15.3. The molecule has 0 atom stereocenters. The van der Waals surface area contributed by atoms with E-state index in [9.17, 15) is 9.59 Å². The van der Waals surface area contributed by atoms with Crippen LogP contribution in [-0.2, 0) is 14.3 Å². The molecular weight excluding hydrogens is 272 g/mol. The zero-order valence-corrected chi connectivity index (χ0v) is 13.0. The van der Waals surface area contributed by atoms with Crippen LogP contribution in [0.2, 0.25) is 0 Å². The Balaban J connectivity index is 1.58. The Labute approximate surface area is 125 Å². The van der Waals surface area contributed by atoms with Crippen LogP contribution in [0.15, 0.2) is 0 Å². The molecule has 6 heteroatoms. The lowest BCUT2D eigenvalue weighted by Crippen LogP contribution is -2.62. The number of nitrogens with zero attached hydrogens (tertiary/aromatic N) is 1. The molecule has 1 aliphatic carbocycles. The maximum Gasteiger partial charge on any atom is 0.410 e. The van der Waals surface area contributed by atoms with Gasteiger partial charge in [-0.25, -0.2) is 4.79 Å². The fourth-order valence-electron chi connectivity index (χ4n) is 3.04. The summed E-state index contributed by atoms with van der Waals surface area (Å²) in [5.74, 6) is 0.0303. The van der Waals surface area contributed by atoms with Crippen molar-refractivity contribution >= 4 is 12.0 Å². The molecule has 2 amide bonds. The Morgan fingerprint density at radius 2 is 1.86 bits per heavy atom. The van der Waals surface area contributed by atoms with Crippen molar-refractivity contribution in [2.24, 2.45) is 0 Å². The van der Waals surface area contributed by atoms with Crippen LogP contribution in [-0.4, -0.2) is 53.3 Å². The number of nitrogens with one attached hydrogen (secondary N) is 1. The fourth-order valence-corrected chi connectivity index (χ4v) is 3.04. The number of hydrogen-bond acceptors (Lipinski definition) is 4. The highest BCUT2D eigenvalue weighted by Gasteiger charge is 2.59. The van der Waals surface area contributed by atoms with Crippen molar-refractivity contribution in [3.63, 3.8) is 0 Å². The van der Waals surface area contributed by atoms with E-state index in [0.29, 0.717) is 19.6 Å². The van der Waals surface area contributed by atoms with E-state index < -0.39 is 11.2 Å². The largest absolute Gasteiger partial charge is 0.444 e. The predicted molar refractivity (Wildman–Crippen MR) is 75.8 cm³/mol. The number of carbonyl (C=O) groups excluding carboxylic acids is 2. The summed E-state index contributed by atoms with van der Waals surface area (Å²) in [6.45, 7) is 7.38. The molecule has 6 nitrogen and oxygen atoms in total. The number of hydrogen-bond donors (Lipinski definition) is 1. The van der Waals surface area contributed by atoms with Crippen LogP contribution >= 0.6 is 0 Å². The lowest BCUT2D eigenvalue weighted by atomic mass is 9.89. The molecule has 3 aliphatic rings. The van der Waals surface area contributed by atoms with E-state index in [-0.39, 0.29) is 17.6 Å². The highest BCUT2D eigenvalue weighted by molar-refractivity contribution is 5.89. The average Bonchev–Trinajstić information content (AvgIpc) is 3.14. The van der Waals surface area contributed by atoms with Gasteiger partial charge in [0.15, 0.2) is 0 Å². The molecule has 0 aromatic carbocycles. The topological polar surface area (TPSA) is 67.9 Å². The zero-order valence-electron chi connectivity index (χ0n) is 13.0. The van der Waals surface area contributed by atoms with Gasteiger partial charge in [-0.15, -0.1) is 0 Å². The Morgan fingerprint density at radius 1 is 1.24 bits per heavy atom. The minimum absolute atomic E-state index is 0.0303. The second-order valence-electron chi connectivity index (χ2n) is 7.43. The minimum atomic E-state index is -0.563. The van der Waals surface area contributed by atoms with E-state index in [1.54, 1.807) is 4.90 Å². The number of morpholine rings is 1. The highest BCUT2D eigenvalue weighted by Crippen LogP contribution is 2.47. The van der Waals surface area contributed by atoms with Gasteiger partial charge in [0.05, 0.1) is 5.60 Å². The van der Waals surface area contributed by atoms with E-state index in [1.807, 2.05) is 20.8 Å². The molecule has 3 fully saturated rings. The summed E-state index contributed by atoms with van der Waals surface area (Å²) in [6, 6.07) is 0. The first-order valence-electron chi connectivity index (χ1n) is 7.70. The Morgan fingerprint density at radius 3 is 2.38 bits per heavy atom. The van der Waals surface area contributed by atoms with Crippen LogP contribution in [0.5, 0.6) is 0 Å². The van der Waals surface area contributed by atoms with Crippen LogP contribution in [0, 0.1) is 0 Å². The maximum atomic E-state index is 12.1. The first-order chi connectivity index (χ1) is 9.74. The predicted octanol–water partition coefficient (Wildman–Crippen LogP) is 1.44. The summed E-state index contributed by atoms with van der Waals surface area (Å²) in [7, 11) is 0. The van der Waals surface area contributed by atoms with Crippen molar-refractivity contribution in [1.82, 2.24) is 10.2 Å². The molecule has 0 bridgehead atoms. The van der Waals surface area contributed by atoms with Gasteiger partial charge in [0.1, 0.15) is 11.2 Å². The van der Waals surface area contributed by atoms with Crippen LogP contribution in [0.1, 0.15) is 46.5 Å². The fraction of sp³-hybridized carbons (Fsp3) is 0.867. The standard InChI is InChI=1S/C15H24N2O4/c1-13(2,3)20-12(19)17-8-6-14(7-9-17)10-16-11(18)15(21-14)4-5-15/h4-10H2,1-3H3,(H,16,18). The summed E-state index contributed by atoms with van der Waals surface area (Å²) in [6.07, 6.45) is 2.85. The molecular formula is C15H24N2O4. The summed E-state index contributed by atoms with van der Waals surface area (Å²) in [5.41, 5.74) is -1.34. The Bertz CT molecular complexity index is 457. The normalized spacial score (nSPS) is 26.6. The number of likely N-dealkylation sites (tertiary alicyclic amines) is 1. The van der Waals surface area contributed by atoms with Crippen molar-refractivity contribution in [2.75, 3.05) is 19.6 Å². The number of piperidine rings is 1. The third-order valence-electron chi connectivity index (χ3n) is 4.43. The molecule has 2 spiro atoms. The molecule has 2 saturated heterocycles. The van der Waals surface area contributed by atoms with Crippen LogP contribution in [0.3, 0.4) is 0 Å². The van der Waals surface area contributed by atoms with E-state index in [2.05, 4.69) is 5.32 Å². The average molecular weight is 296 g/mol. The molecule has 3 rings (SSSR count). The molecule has 1 saturated carbocycles. The lowest BCUT2D eigenvalue weighted by molar-refractivity contribution is -0.177. The quantitative estimate of drug-likeness (QED) is 0.734. The van der Waals surface area contributed by atoms with Gasteiger partial charge in [0, 0.05) is 19.6 Å². The summed E-state index contributed by atoms with van der Waals surface area (Å²) < 4.78 is 11.6. The van der Waals surface area contributed by atoms with Crippen LogP contribution in [0.25, 0.3) is 0 Å². The van der Waals surface area contributed by atoms with E-state index in [1.165, 1.54) is 0 Å². The van der Waals surface area contributed by atoms with Crippen LogP contribution in [0.4, 0.5) is 4.79 Å². The van der Waals surface area contributed by atoms with Gasteiger partial charge in [-0.3, -0.25) is 4.79 Å². The van der Waals surface area contributed by atoms with Gasteiger partial charge in [0.2, 0.25) is 0 Å². The van der Waals surface area contributed by atoms with Crippen molar-refractivity contribution in [3.05, 3.63) is 0 Å². The summed E-state index contributed by atoms with van der Waals surface area (Å²) >= 11 is 0. The molecule has 0 aromatic heterocycles. The lowest BCUT2D eigenvalue weighted by Gasteiger charge is -2.46. The first kappa shape index (κ1) is 14.6. The third-order valence-corrected chi connectivity index (χ3v) is 4.43. The highest BCUT2D eigenvalue weighted by atomic mass is 16.6. The smallest absolute Gasteiger partial charge is 0.410 e. The van der Waals surface area contributed by atoms with Crippen molar-refractivity contribution in [3.8, 4) is 0 Å². The first-order valence-corrected chi connectivity index (χ1v) is 7.70. The van der Waals surface area contributed by atoms with Gasteiger partial charge < -0.3 is 19.7 Å². The number of rotatable bonds is 0. The monoisotopic (exact) mass is 296 g/mol. The van der Waals surface area contributed by atoms with E-state index in [4.69, 9.17) is 9.47 Å². The second kappa shape index (κ2) is 4.60. The van der Waals surface area contributed by atoms with Gasteiger partial charge in [-0.05, 0) is 46.5 Å². The molecule has 118 valence electrons. The molecule has 2 aliphatic heterocycles. The number of ether oxygens (including phenoxy) is 2. The summed E-state index contributed by atoms with van der Waals surface area (Å²) in [4.78, 5) is 25.6. The molecule has 2 heterocycles. The van der Waals surface area contributed by atoms with Gasteiger partial charge in [0.25, 0.3) is 5.91 Å². The molecule has 1 N–H and O–H groups in total. The second-order valence-corrected chi connectivity index (χ2v) is 7.43. The van der Waals surface area contributed by atoms with Gasteiger partial charge >= 0.3 is 6.09 Å². The Hall–Kier alpha value is -1.30. The van der Waals surface area contributed by atoms with Gasteiger partial charge in [-0.1, -0.05) is 0 Å².